The summed E-state index contributed by atoms with van der Waals surface area (Å²) in [6.45, 7) is 0.101. The van der Waals surface area contributed by atoms with Crippen LogP contribution in [0.15, 0.2) is 58.8 Å². The van der Waals surface area contributed by atoms with Gasteiger partial charge in [0.2, 0.25) is 15.9 Å². The summed E-state index contributed by atoms with van der Waals surface area (Å²) in [5, 5.41) is 15.6. The minimum absolute atomic E-state index is 0.0256. The third-order valence-electron chi connectivity index (χ3n) is 4.50. The predicted molar refractivity (Wildman–Crippen MR) is 118 cm³/mol. The molecule has 1 heterocycles. The Morgan fingerprint density at radius 1 is 1.25 bits per heavy atom. The SMILES string of the molecule is CN(CCCC(=O)Nc1nc(-c2cccc([N+](=O)[O-])c2)cs1)S(=O)(=O)c1ccc(F)cc1. The summed E-state index contributed by atoms with van der Waals surface area (Å²) >= 11 is 1.18. The third kappa shape index (κ3) is 5.72. The van der Waals surface area contributed by atoms with E-state index in [1.165, 1.54) is 42.6 Å². The highest BCUT2D eigenvalue weighted by Gasteiger charge is 2.20. The molecule has 0 atom stereocenters. The van der Waals surface area contributed by atoms with Crippen molar-refractivity contribution >= 4 is 38.1 Å². The number of carbonyl (C=O) groups excluding carboxylic acids is 1. The van der Waals surface area contributed by atoms with Gasteiger partial charge in [-0.15, -0.1) is 11.3 Å². The highest BCUT2D eigenvalue weighted by Crippen LogP contribution is 2.27. The molecule has 168 valence electrons. The van der Waals surface area contributed by atoms with Crippen LogP contribution in [0.1, 0.15) is 12.8 Å². The molecule has 0 saturated carbocycles. The van der Waals surface area contributed by atoms with Crippen LogP contribution in [-0.4, -0.2) is 42.1 Å². The number of thiazole rings is 1. The van der Waals surface area contributed by atoms with E-state index in [9.17, 15) is 27.7 Å². The van der Waals surface area contributed by atoms with Gasteiger partial charge in [0, 0.05) is 43.1 Å². The largest absolute Gasteiger partial charge is 0.302 e. The highest BCUT2D eigenvalue weighted by molar-refractivity contribution is 7.89. The van der Waals surface area contributed by atoms with Crippen molar-refractivity contribution in [3.05, 3.63) is 69.8 Å². The number of carbonyl (C=O) groups is 1. The molecule has 2 aromatic carbocycles. The lowest BCUT2D eigenvalue weighted by molar-refractivity contribution is -0.384. The van der Waals surface area contributed by atoms with Gasteiger partial charge in [-0.1, -0.05) is 12.1 Å². The first kappa shape index (κ1) is 23.4. The van der Waals surface area contributed by atoms with Crippen molar-refractivity contribution in [1.82, 2.24) is 9.29 Å². The molecule has 3 aromatic rings. The van der Waals surface area contributed by atoms with Crippen molar-refractivity contribution in [3.8, 4) is 11.3 Å². The molecule has 1 N–H and O–H groups in total. The van der Waals surface area contributed by atoms with Gasteiger partial charge in [-0.05, 0) is 30.7 Å². The summed E-state index contributed by atoms with van der Waals surface area (Å²) in [6.07, 6.45) is 0.334. The molecule has 3 rings (SSSR count). The third-order valence-corrected chi connectivity index (χ3v) is 7.13. The van der Waals surface area contributed by atoms with Crippen LogP contribution >= 0.6 is 11.3 Å². The number of halogens is 1. The molecule has 0 radical (unpaired) electrons. The fraction of sp³-hybridized carbons (Fsp3) is 0.200. The molecule has 0 fully saturated rings. The second-order valence-electron chi connectivity index (χ2n) is 6.78. The van der Waals surface area contributed by atoms with Gasteiger partial charge in [-0.25, -0.2) is 22.1 Å². The van der Waals surface area contributed by atoms with Crippen LogP contribution < -0.4 is 5.32 Å². The molecule has 0 unspecified atom stereocenters. The molecular formula is C20H19FN4O5S2. The number of nitrogens with zero attached hydrogens (tertiary/aromatic N) is 3. The lowest BCUT2D eigenvalue weighted by Crippen LogP contribution is -2.28. The molecule has 1 aromatic heterocycles. The molecule has 32 heavy (non-hydrogen) atoms. The Labute approximate surface area is 187 Å². The summed E-state index contributed by atoms with van der Waals surface area (Å²) in [7, 11) is -2.38. The summed E-state index contributed by atoms with van der Waals surface area (Å²) in [5.74, 6) is -0.864. The van der Waals surface area contributed by atoms with Crippen molar-refractivity contribution in [2.24, 2.45) is 0 Å². The highest BCUT2D eigenvalue weighted by atomic mass is 32.2. The van der Waals surface area contributed by atoms with Crippen LogP contribution in [0.4, 0.5) is 15.2 Å². The molecule has 0 aliphatic carbocycles. The second kappa shape index (κ2) is 9.94. The standard InChI is InChI=1S/C20H19FN4O5S2/c1-24(32(29,30)17-9-7-15(21)8-10-17)11-3-6-19(26)23-20-22-18(13-31-20)14-4-2-5-16(12-14)25(27)28/h2,4-5,7-10,12-13H,3,6,11H2,1H3,(H,22,23,26). The number of nitro benzene ring substituents is 1. The van der Waals surface area contributed by atoms with E-state index >= 15 is 0 Å². The van der Waals surface area contributed by atoms with E-state index in [1.54, 1.807) is 17.5 Å². The molecule has 0 aliphatic heterocycles. The van der Waals surface area contributed by atoms with Gasteiger partial charge in [0.25, 0.3) is 5.69 Å². The predicted octanol–water partition coefficient (Wildman–Crippen LogP) is 3.90. The Morgan fingerprint density at radius 2 is 1.97 bits per heavy atom. The van der Waals surface area contributed by atoms with Gasteiger partial charge >= 0.3 is 0 Å². The van der Waals surface area contributed by atoms with Gasteiger partial charge in [0.05, 0.1) is 15.5 Å². The van der Waals surface area contributed by atoms with Crippen LogP contribution in [0.2, 0.25) is 0 Å². The molecule has 0 aliphatic rings. The van der Waals surface area contributed by atoms with E-state index in [1.807, 2.05) is 0 Å². The monoisotopic (exact) mass is 478 g/mol. The minimum atomic E-state index is -3.77. The maximum Gasteiger partial charge on any atom is 0.270 e. The number of non-ortho nitro benzene ring substituents is 1. The molecule has 0 spiro atoms. The maximum absolute atomic E-state index is 13.0. The number of nitro groups is 1. The van der Waals surface area contributed by atoms with Crippen molar-refractivity contribution in [3.63, 3.8) is 0 Å². The fourth-order valence-corrected chi connectivity index (χ4v) is 4.74. The van der Waals surface area contributed by atoms with Gasteiger partial charge in [0.15, 0.2) is 5.13 Å². The minimum Gasteiger partial charge on any atom is -0.302 e. The van der Waals surface area contributed by atoms with Crippen molar-refractivity contribution in [2.75, 3.05) is 18.9 Å². The smallest absolute Gasteiger partial charge is 0.270 e. The van der Waals surface area contributed by atoms with Crippen LogP contribution in [-0.2, 0) is 14.8 Å². The van der Waals surface area contributed by atoms with Crippen LogP contribution in [0.3, 0.4) is 0 Å². The summed E-state index contributed by atoms with van der Waals surface area (Å²) in [6, 6.07) is 10.6. The van der Waals surface area contributed by atoms with E-state index in [0.29, 0.717) is 16.4 Å². The zero-order valence-corrected chi connectivity index (χ0v) is 18.5. The molecule has 0 bridgehead atoms. The molecule has 9 nitrogen and oxygen atoms in total. The molecule has 12 heteroatoms. The van der Waals surface area contributed by atoms with E-state index in [4.69, 9.17) is 0 Å². The van der Waals surface area contributed by atoms with E-state index in [2.05, 4.69) is 10.3 Å². The number of benzene rings is 2. The molecular weight excluding hydrogens is 459 g/mol. The lowest BCUT2D eigenvalue weighted by atomic mass is 10.1. The zero-order chi connectivity index (χ0) is 23.3. The number of aromatic nitrogens is 1. The number of rotatable bonds is 9. The zero-order valence-electron chi connectivity index (χ0n) is 16.9. The number of nitrogens with one attached hydrogen (secondary N) is 1. The maximum atomic E-state index is 13.0. The summed E-state index contributed by atoms with van der Waals surface area (Å²) in [4.78, 5) is 26.9. The normalized spacial score (nSPS) is 11.5. The van der Waals surface area contributed by atoms with E-state index in [0.717, 1.165) is 16.4 Å². The van der Waals surface area contributed by atoms with Crippen LogP contribution in [0.5, 0.6) is 0 Å². The number of amides is 1. The Hall–Kier alpha value is -3.22. The second-order valence-corrected chi connectivity index (χ2v) is 9.68. The van der Waals surface area contributed by atoms with E-state index in [-0.39, 0.29) is 35.9 Å². The Morgan fingerprint density at radius 3 is 2.66 bits per heavy atom. The number of hydrogen-bond donors (Lipinski definition) is 1. The first-order valence-electron chi connectivity index (χ1n) is 9.39. The van der Waals surface area contributed by atoms with Crippen LogP contribution in [0, 0.1) is 15.9 Å². The van der Waals surface area contributed by atoms with Gasteiger partial charge in [-0.3, -0.25) is 14.9 Å². The van der Waals surface area contributed by atoms with Crippen molar-refractivity contribution < 1.29 is 22.5 Å². The van der Waals surface area contributed by atoms with Gasteiger partial charge in [-0.2, -0.15) is 0 Å². The average molecular weight is 479 g/mol. The topological polar surface area (TPSA) is 123 Å². The van der Waals surface area contributed by atoms with E-state index < -0.39 is 20.8 Å². The number of sulfonamides is 1. The van der Waals surface area contributed by atoms with Gasteiger partial charge < -0.3 is 5.32 Å². The first-order valence-corrected chi connectivity index (χ1v) is 11.7. The molecule has 1 amide bonds. The fourth-order valence-electron chi connectivity index (χ4n) is 2.79. The number of hydrogen-bond acceptors (Lipinski definition) is 7. The first-order chi connectivity index (χ1) is 15.2. The quantitative estimate of drug-likeness (QED) is 0.368. The summed E-state index contributed by atoms with van der Waals surface area (Å²) in [5.41, 5.74) is 1.00. The average Bonchev–Trinajstić information content (AvgIpc) is 3.22. The summed E-state index contributed by atoms with van der Waals surface area (Å²) < 4.78 is 39.1. The molecule has 0 saturated heterocycles. The van der Waals surface area contributed by atoms with Crippen molar-refractivity contribution in [1.29, 1.82) is 0 Å². The Bertz CT molecular complexity index is 1230. The Kier molecular flexibility index (Phi) is 7.28. The van der Waals surface area contributed by atoms with Crippen molar-refractivity contribution in [2.45, 2.75) is 17.7 Å². The number of anilines is 1. The lowest BCUT2D eigenvalue weighted by Gasteiger charge is -2.16. The van der Waals surface area contributed by atoms with Crippen LogP contribution in [0.25, 0.3) is 11.3 Å². The van der Waals surface area contributed by atoms with Gasteiger partial charge in [0.1, 0.15) is 5.82 Å². The Balaban J connectivity index is 1.53.